The normalized spacial score (nSPS) is 16.4. The number of benzene rings is 1. The van der Waals surface area contributed by atoms with Gasteiger partial charge in [0.05, 0.1) is 13.2 Å². The SMILES string of the molecule is CCCNCc1cc(Br)cc(C)c1OC1CCOCC1. The van der Waals surface area contributed by atoms with Crippen molar-refractivity contribution < 1.29 is 9.47 Å². The molecule has 3 nitrogen and oxygen atoms in total. The first-order chi connectivity index (χ1) is 9.70. The molecule has 0 saturated carbocycles. The van der Waals surface area contributed by atoms with Gasteiger partial charge in [-0.3, -0.25) is 0 Å². The molecule has 0 spiro atoms. The third-order valence-corrected chi connectivity index (χ3v) is 3.97. The van der Waals surface area contributed by atoms with Crippen molar-refractivity contribution in [3.05, 3.63) is 27.7 Å². The van der Waals surface area contributed by atoms with Crippen molar-refractivity contribution in [2.45, 2.75) is 45.8 Å². The van der Waals surface area contributed by atoms with E-state index in [0.29, 0.717) is 0 Å². The standard InChI is InChI=1S/C16H24BrNO2/c1-3-6-18-11-13-10-14(17)9-12(2)16(13)20-15-4-7-19-8-5-15/h9-10,15,18H,3-8,11H2,1-2H3. The molecule has 0 amide bonds. The average Bonchev–Trinajstić information content (AvgIpc) is 2.44. The lowest BCUT2D eigenvalue weighted by Crippen LogP contribution is -2.27. The minimum Gasteiger partial charge on any atom is -0.490 e. The smallest absolute Gasteiger partial charge is 0.127 e. The van der Waals surface area contributed by atoms with Gasteiger partial charge in [-0.25, -0.2) is 0 Å². The quantitative estimate of drug-likeness (QED) is 0.798. The Kier molecular flexibility index (Phi) is 6.33. The fraction of sp³-hybridized carbons (Fsp3) is 0.625. The third kappa shape index (κ3) is 4.47. The minimum atomic E-state index is 0.286. The summed E-state index contributed by atoms with van der Waals surface area (Å²) in [4.78, 5) is 0. The van der Waals surface area contributed by atoms with Crippen LogP contribution in [0.3, 0.4) is 0 Å². The third-order valence-electron chi connectivity index (χ3n) is 3.51. The lowest BCUT2D eigenvalue weighted by Gasteiger charge is -2.26. The molecular weight excluding hydrogens is 318 g/mol. The number of hydrogen-bond donors (Lipinski definition) is 1. The number of hydrogen-bond acceptors (Lipinski definition) is 3. The lowest BCUT2D eigenvalue weighted by atomic mass is 10.1. The number of nitrogens with one attached hydrogen (secondary N) is 1. The van der Waals surface area contributed by atoms with Gasteiger partial charge in [0.15, 0.2) is 0 Å². The summed E-state index contributed by atoms with van der Waals surface area (Å²) in [5.41, 5.74) is 2.43. The topological polar surface area (TPSA) is 30.5 Å². The van der Waals surface area contributed by atoms with Crippen LogP contribution < -0.4 is 10.1 Å². The number of halogens is 1. The summed E-state index contributed by atoms with van der Waals surface area (Å²) in [6, 6.07) is 4.28. The van der Waals surface area contributed by atoms with Gasteiger partial charge >= 0.3 is 0 Å². The van der Waals surface area contributed by atoms with E-state index in [9.17, 15) is 0 Å². The fourth-order valence-electron chi connectivity index (χ4n) is 2.46. The Bertz CT molecular complexity index is 431. The summed E-state index contributed by atoms with van der Waals surface area (Å²) in [5.74, 6) is 1.05. The van der Waals surface area contributed by atoms with Crippen LogP contribution in [-0.2, 0) is 11.3 Å². The molecular formula is C16H24BrNO2. The predicted octanol–water partition coefficient (Wildman–Crippen LogP) is 3.81. The lowest BCUT2D eigenvalue weighted by molar-refractivity contribution is 0.0248. The molecule has 0 radical (unpaired) electrons. The van der Waals surface area contributed by atoms with Crippen LogP contribution in [0.1, 0.15) is 37.3 Å². The monoisotopic (exact) mass is 341 g/mol. The van der Waals surface area contributed by atoms with Crippen molar-refractivity contribution in [2.75, 3.05) is 19.8 Å². The van der Waals surface area contributed by atoms with E-state index in [4.69, 9.17) is 9.47 Å². The molecule has 20 heavy (non-hydrogen) atoms. The highest BCUT2D eigenvalue weighted by atomic mass is 79.9. The summed E-state index contributed by atoms with van der Waals surface area (Å²) in [7, 11) is 0. The van der Waals surface area contributed by atoms with E-state index in [-0.39, 0.29) is 6.10 Å². The van der Waals surface area contributed by atoms with Gasteiger partial charge in [-0.15, -0.1) is 0 Å². The van der Waals surface area contributed by atoms with Crippen molar-refractivity contribution in [3.8, 4) is 5.75 Å². The van der Waals surface area contributed by atoms with Crippen molar-refractivity contribution in [2.24, 2.45) is 0 Å². The zero-order valence-electron chi connectivity index (χ0n) is 12.4. The van der Waals surface area contributed by atoms with Crippen LogP contribution >= 0.6 is 15.9 Å². The van der Waals surface area contributed by atoms with Crippen LogP contribution in [0.5, 0.6) is 5.75 Å². The molecule has 4 heteroatoms. The van der Waals surface area contributed by atoms with Crippen LogP contribution in [0.25, 0.3) is 0 Å². The van der Waals surface area contributed by atoms with E-state index >= 15 is 0 Å². The van der Waals surface area contributed by atoms with E-state index in [1.165, 1.54) is 11.1 Å². The first-order valence-electron chi connectivity index (χ1n) is 7.45. The summed E-state index contributed by atoms with van der Waals surface area (Å²) in [6.07, 6.45) is 3.39. The molecule has 0 unspecified atom stereocenters. The van der Waals surface area contributed by atoms with Crippen molar-refractivity contribution >= 4 is 15.9 Å². The Balaban J connectivity index is 2.11. The molecule has 1 aromatic carbocycles. The molecule has 1 aliphatic rings. The zero-order valence-corrected chi connectivity index (χ0v) is 14.0. The molecule has 0 bridgehead atoms. The first-order valence-corrected chi connectivity index (χ1v) is 8.24. The molecule has 1 aromatic rings. The van der Waals surface area contributed by atoms with Gasteiger partial charge in [0.1, 0.15) is 11.9 Å². The van der Waals surface area contributed by atoms with Crippen LogP contribution in [-0.4, -0.2) is 25.9 Å². The number of rotatable bonds is 6. The molecule has 1 heterocycles. The fourth-order valence-corrected chi connectivity index (χ4v) is 3.08. The second-order valence-corrected chi connectivity index (χ2v) is 6.23. The number of aryl methyl sites for hydroxylation is 1. The van der Waals surface area contributed by atoms with Gasteiger partial charge in [0.25, 0.3) is 0 Å². The second kappa shape index (κ2) is 8.01. The maximum atomic E-state index is 6.26. The van der Waals surface area contributed by atoms with Crippen LogP contribution in [0, 0.1) is 6.92 Å². The molecule has 1 aliphatic heterocycles. The highest BCUT2D eigenvalue weighted by Crippen LogP contribution is 2.30. The van der Waals surface area contributed by atoms with Crippen molar-refractivity contribution in [3.63, 3.8) is 0 Å². The predicted molar refractivity (Wildman–Crippen MR) is 85.3 cm³/mol. The molecule has 1 N–H and O–H groups in total. The molecule has 0 atom stereocenters. The molecule has 2 rings (SSSR count). The Labute approximate surface area is 130 Å². The highest BCUT2D eigenvalue weighted by Gasteiger charge is 2.18. The molecule has 0 aromatic heterocycles. The largest absolute Gasteiger partial charge is 0.490 e. The van der Waals surface area contributed by atoms with E-state index < -0.39 is 0 Å². The Morgan fingerprint density at radius 1 is 1.35 bits per heavy atom. The van der Waals surface area contributed by atoms with E-state index in [1.54, 1.807) is 0 Å². The second-order valence-electron chi connectivity index (χ2n) is 5.32. The Morgan fingerprint density at radius 3 is 2.80 bits per heavy atom. The first kappa shape index (κ1) is 15.8. The van der Waals surface area contributed by atoms with Gasteiger partial charge in [-0.1, -0.05) is 22.9 Å². The average molecular weight is 342 g/mol. The van der Waals surface area contributed by atoms with E-state index in [1.807, 2.05) is 0 Å². The van der Waals surface area contributed by atoms with Gasteiger partial charge in [0, 0.05) is 29.4 Å². The summed E-state index contributed by atoms with van der Waals surface area (Å²) in [5, 5.41) is 3.46. The Morgan fingerprint density at radius 2 is 2.10 bits per heavy atom. The van der Waals surface area contributed by atoms with Crippen LogP contribution in [0.4, 0.5) is 0 Å². The molecule has 0 aliphatic carbocycles. The molecule has 1 fully saturated rings. The summed E-state index contributed by atoms with van der Waals surface area (Å²) < 4.78 is 12.8. The minimum absolute atomic E-state index is 0.286. The van der Waals surface area contributed by atoms with Gasteiger partial charge in [-0.05, 0) is 37.6 Å². The van der Waals surface area contributed by atoms with Gasteiger partial charge < -0.3 is 14.8 Å². The summed E-state index contributed by atoms with van der Waals surface area (Å²) in [6.45, 7) is 7.80. The highest BCUT2D eigenvalue weighted by molar-refractivity contribution is 9.10. The van der Waals surface area contributed by atoms with Crippen molar-refractivity contribution in [1.82, 2.24) is 5.32 Å². The van der Waals surface area contributed by atoms with Gasteiger partial charge in [-0.2, -0.15) is 0 Å². The maximum Gasteiger partial charge on any atom is 0.127 e. The van der Waals surface area contributed by atoms with E-state index in [2.05, 4.69) is 47.2 Å². The zero-order chi connectivity index (χ0) is 14.4. The van der Waals surface area contributed by atoms with Gasteiger partial charge in [0.2, 0.25) is 0 Å². The molecule has 1 saturated heterocycles. The van der Waals surface area contributed by atoms with Crippen LogP contribution in [0.15, 0.2) is 16.6 Å². The number of ether oxygens (including phenoxy) is 2. The summed E-state index contributed by atoms with van der Waals surface area (Å²) >= 11 is 3.58. The van der Waals surface area contributed by atoms with Crippen molar-refractivity contribution in [1.29, 1.82) is 0 Å². The molecule has 112 valence electrons. The van der Waals surface area contributed by atoms with E-state index in [0.717, 1.165) is 55.8 Å². The maximum absolute atomic E-state index is 6.26. The Hall–Kier alpha value is -0.580. The van der Waals surface area contributed by atoms with Crippen LogP contribution in [0.2, 0.25) is 0 Å².